The molecule has 0 spiro atoms. The molecule has 2 N–H and O–H groups in total. The van der Waals surface area contributed by atoms with Crippen LogP contribution < -0.4 is 20.1 Å². The second-order valence-electron chi connectivity index (χ2n) is 6.68. The summed E-state index contributed by atoms with van der Waals surface area (Å²) in [6.07, 6.45) is 0. The van der Waals surface area contributed by atoms with E-state index < -0.39 is 17.6 Å². The van der Waals surface area contributed by atoms with Gasteiger partial charge in [-0.3, -0.25) is 0 Å². The van der Waals surface area contributed by atoms with Crippen LogP contribution in [-0.4, -0.2) is 24.4 Å². The first kappa shape index (κ1) is 16.2. The number of nitrogens with one attached hydrogen (secondary N) is 2. The van der Waals surface area contributed by atoms with Crippen LogP contribution in [0, 0.1) is 0 Å². The van der Waals surface area contributed by atoms with E-state index in [1.165, 1.54) is 0 Å². The van der Waals surface area contributed by atoms with E-state index in [2.05, 4.69) is 10.6 Å². The molecule has 24 heavy (non-hydrogen) atoms. The molecular weight excluding hydrogens is 312 g/mol. The van der Waals surface area contributed by atoms with Crippen molar-refractivity contribution in [3.8, 4) is 11.5 Å². The Morgan fingerprint density at radius 1 is 1.25 bits per heavy atom. The number of urea groups is 1. The molecule has 2 heterocycles. The van der Waals surface area contributed by atoms with Gasteiger partial charge in [0.05, 0.1) is 11.6 Å². The molecule has 0 bridgehead atoms. The number of ether oxygens (including phenoxy) is 3. The first-order valence-corrected chi connectivity index (χ1v) is 7.66. The van der Waals surface area contributed by atoms with Gasteiger partial charge in [0.1, 0.15) is 5.60 Å². The second kappa shape index (κ2) is 5.74. The first-order chi connectivity index (χ1) is 11.2. The molecule has 1 aromatic rings. The van der Waals surface area contributed by atoms with Gasteiger partial charge < -0.3 is 24.8 Å². The Labute approximate surface area is 140 Å². The van der Waals surface area contributed by atoms with Gasteiger partial charge >= 0.3 is 12.0 Å². The molecule has 2 amide bonds. The summed E-state index contributed by atoms with van der Waals surface area (Å²) in [7, 11) is 0. The topological polar surface area (TPSA) is 85.9 Å². The highest BCUT2D eigenvalue weighted by Crippen LogP contribution is 2.37. The number of hydrogen-bond acceptors (Lipinski definition) is 5. The Morgan fingerprint density at radius 2 is 1.96 bits per heavy atom. The maximum absolute atomic E-state index is 12.6. The number of allylic oxidation sites excluding steroid dienone is 1. The minimum atomic E-state index is -0.634. The standard InChI is InChI=1S/C17H20N2O5/c1-9-13(15(20)24-17(2,3)4)14(19-16(21)18-9)10-5-6-11-12(7-10)23-8-22-11/h5-7,14H,8H2,1-4H3,(H2,18,19,21). The predicted molar refractivity (Wildman–Crippen MR) is 85.5 cm³/mol. The molecule has 2 aliphatic rings. The molecule has 3 rings (SSSR count). The van der Waals surface area contributed by atoms with Gasteiger partial charge in [-0.25, -0.2) is 9.59 Å². The molecule has 1 unspecified atom stereocenters. The summed E-state index contributed by atoms with van der Waals surface area (Å²) in [5, 5.41) is 5.39. The van der Waals surface area contributed by atoms with Crippen molar-refractivity contribution < 1.29 is 23.8 Å². The van der Waals surface area contributed by atoms with Crippen LogP contribution in [0.4, 0.5) is 4.79 Å². The van der Waals surface area contributed by atoms with Gasteiger partial charge in [-0.05, 0) is 45.4 Å². The van der Waals surface area contributed by atoms with Crippen molar-refractivity contribution in [2.45, 2.75) is 39.3 Å². The van der Waals surface area contributed by atoms with Crippen molar-refractivity contribution >= 4 is 12.0 Å². The molecule has 1 aromatic carbocycles. The first-order valence-electron chi connectivity index (χ1n) is 7.66. The van der Waals surface area contributed by atoms with E-state index in [0.29, 0.717) is 28.3 Å². The SMILES string of the molecule is CC1=C(C(=O)OC(C)(C)C)C(c2ccc3c(c2)OCO3)NC(=O)N1. The molecule has 128 valence electrons. The van der Waals surface area contributed by atoms with Crippen LogP contribution in [0.25, 0.3) is 0 Å². The summed E-state index contributed by atoms with van der Waals surface area (Å²) in [6.45, 7) is 7.23. The zero-order chi connectivity index (χ0) is 17.5. The Morgan fingerprint density at radius 3 is 2.67 bits per heavy atom. The Balaban J connectivity index is 1.98. The van der Waals surface area contributed by atoms with E-state index in [4.69, 9.17) is 14.2 Å². The summed E-state index contributed by atoms with van der Waals surface area (Å²) in [5.74, 6) is 0.746. The average Bonchev–Trinajstić information content (AvgIpc) is 2.91. The van der Waals surface area contributed by atoms with Gasteiger partial charge in [0, 0.05) is 5.70 Å². The summed E-state index contributed by atoms with van der Waals surface area (Å²) < 4.78 is 16.2. The molecule has 0 saturated heterocycles. The Hall–Kier alpha value is -2.70. The Kier molecular flexibility index (Phi) is 3.87. The molecule has 0 saturated carbocycles. The quantitative estimate of drug-likeness (QED) is 0.812. The summed E-state index contributed by atoms with van der Waals surface area (Å²) >= 11 is 0. The lowest BCUT2D eigenvalue weighted by Crippen LogP contribution is -2.46. The van der Waals surface area contributed by atoms with E-state index in [1.807, 2.05) is 0 Å². The highest BCUT2D eigenvalue weighted by Gasteiger charge is 2.34. The molecule has 0 aliphatic carbocycles. The maximum Gasteiger partial charge on any atom is 0.338 e. The third kappa shape index (κ3) is 3.15. The fourth-order valence-corrected chi connectivity index (χ4v) is 2.64. The highest BCUT2D eigenvalue weighted by molar-refractivity contribution is 5.95. The van der Waals surface area contributed by atoms with E-state index in [9.17, 15) is 9.59 Å². The van der Waals surface area contributed by atoms with Crippen LogP contribution in [0.1, 0.15) is 39.3 Å². The van der Waals surface area contributed by atoms with E-state index in [0.717, 1.165) is 0 Å². The summed E-state index contributed by atoms with van der Waals surface area (Å²) in [4.78, 5) is 24.5. The van der Waals surface area contributed by atoms with Crippen molar-refractivity contribution in [3.05, 3.63) is 35.0 Å². The molecule has 1 atom stereocenters. The van der Waals surface area contributed by atoms with Gasteiger partial charge in [0.25, 0.3) is 0 Å². The van der Waals surface area contributed by atoms with Crippen LogP contribution >= 0.6 is 0 Å². The van der Waals surface area contributed by atoms with Crippen molar-refractivity contribution in [2.24, 2.45) is 0 Å². The molecule has 0 aromatic heterocycles. The number of amides is 2. The maximum atomic E-state index is 12.6. The monoisotopic (exact) mass is 332 g/mol. The second-order valence-corrected chi connectivity index (χ2v) is 6.68. The van der Waals surface area contributed by atoms with Crippen LogP contribution in [-0.2, 0) is 9.53 Å². The molecule has 0 radical (unpaired) electrons. The lowest BCUT2D eigenvalue weighted by Gasteiger charge is -2.30. The average molecular weight is 332 g/mol. The summed E-state index contributed by atoms with van der Waals surface area (Å²) in [5.41, 5.74) is 0.916. The fraction of sp³-hybridized carbons (Fsp3) is 0.412. The fourth-order valence-electron chi connectivity index (χ4n) is 2.64. The van der Waals surface area contributed by atoms with Crippen molar-refractivity contribution in [3.63, 3.8) is 0 Å². The largest absolute Gasteiger partial charge is 0.456 e. The number of fused-ring (bicyclic) bond motifs is 1. The minimum Gasteiger partial charge on any atom is -0.456 e. The number of carbonyl (C=O) groups is 2. The number of carbonyl (C=O) groups excluding carboxylic acids is 2. The third-order valence-corrected chi connectivity index (χ3v) is 3.62. The molecule has 0 fully saturated rings. The van der Waals surface area contributed by atoms with Gasteiger partial charge in [-0.2, -0.15) is 0 Å². The number of rotatable bonds is 2. The number of esters is 1. The van der Waals surface area contributed by atoms with Gasteiger partial charge in [0.15, 0.2) is 11.5 Å². The molecule has 7 nitrogen and oxygen atoms in total. The van der Waals surface area contributed by atoms with Crippen LogP contribution in [0.15, 0.2) is 29.5 Å². The Bertz CT molecular complexity index is 733. The van der Waals surface area contributed by atoms with Crippen LogP contribution in [0.3, 0.4) is 0 Å². The zero-order valence-electron chi connectivity index (χ0n) is 14.1. The van der Waals surface area contributed by atoms with Crippen molar-refractivity contribution in [1.29, 1.82) is 0 Å². The number of benzene rings is 1. The normalized spacial score (nSPS) is 19.7. The van der Waals surface area contributed by atoms with Crippen molar-refractivity contribution in [2.75, 3.05) is 6.79 Å². The van der Waals surface area contributed by atoms with Gasteiger partial charge in [-0.1, -0.05) is 6.07 Å². The zero-order valence-corrected chi connectivity index (χ0v) is 14.1. The number of hydrogen-bond donors (Lipinski definition) is 2. The van der Waals surface area contributed by atoms with Gasteiger partial charge in [-0.15, -0.1) is 0 Å². The minimum absolute atomic E-state index is 0.158. The van der Waals surface area contributed by atoms with Crippen molar-refractivity contribution in [1.82, 2.24) is 10.6 Å². The predicted octanol–water partition coefficient (Wildman–Crippen LogP) is 2.38. The van der Waals surface area contributed by atoms with Crippen LogP contribution in [0.2, 0.25) is 0 Å². The van der Waals surface area contributed by atoms with E-state index in [1.54, 1.807) is 45.9 Å². The van der Waals surface area contributed by atoms with Crippen LogP contribution in [0.5, 0.6) is 11.5 Å². The molecule has 2 aliphatic heterocycles. The lowest BCUT2D eigenvalue weighted by atomic mass is 9.95. The third-order valence-electron chi connectivity index (χ3n) is 3.62. The molecule has 7 heteroatoms. The summed E-state index contributed by atoms with van der Waals surface area (Å²) in [6, 6.07) is 4.32. The smallest absolute Gasteiger partial charge is 0.338 e. The highest BCUT2D eigenvalue weighted by atomic mass is 16.7. The van der Waals surface area contributed by atoms with E-state index in [-0.39, 0.29) is 12.8 Å². The molecular formula is C17H20N2O5. The van der Waals surface area contributed by atoms with E-state index >= 15 is 0 Å². The van der Waals surface area contributed by atoms with Gasteiger partial charge in [0.2, 0.25) is 6.79 Å². The lowest BCUT2D eigenvalue weighted by molar-refractivity contribution is -0.150.